The van der Waals surface area contributed by atoms with Gasteiger partial charge in [0, 0.05) is 6.54 Å². The molecule has 0 amide bonds. The zero-order valence-electron chi connectivity index (χ0n) is 8.01. The lowest BCUT2D eigenvalue weighted by atomic mass is 10.2. The zero-order chi connectivity index (χ0) is 10.4. The van der Waals surface area contributed by atoms with Crippen molar-refractivity contribution in [3.05, 3.63) is 35.9 Å². The van der Waals surface area contributed by atoms with Gasteiger partial charge in [-0.2, -0.15) is 10.5 Å². The Morgan fingerprint density at radius 3 is 2.29 bits per heavy atom. The molecule has 1 aromatic carbocycles. The Labute approximate surface area is 83.8 Å². The van der Waals surface area contributed by atoms with Gasteiger partial charge >= 0.3 is 0 Å². The molecule has 0 aliphatic heterocycles. The van der Waals surface area contributed by atoms with Crippen LogP contribution in [0.25, 0.3) is 0 Å². The number of nitrogens with zero attached hydrogens (tertiary/aromatic N) is 3. The van der Waals surface area contributed by atoms with Gasteiger partial charge in [-0.25, -0.2) is 0 Å². The van der Waals surface area contributed by atoms with Gasteiger partial charge in [-0.15, -0.1) is 0 Å². The largest absolute Gasteiger partial charge is 0.275 e. The average Bonchev–Trinajstić information content (AvgIpc) is 2.21. The Balaban J connectivity index is 2.63. The number of nitriles is 2. The molecule has 0 fully saturated rings. The summed E-state index contributed by atoms with van der Waals surface area (Å²) in [6, 6.07) is 13.0. The van der Waals surface area contributed by atoms with Gasteiger partial charge in [0.2, 0.25) is 0 Å². The number of benzene rings is 1. The van der Waals surface area contributed by atoms with E-state index in [-0.39, 0.29) is 0 Å². The molecule has 3 nitrogen and oxygen atoms in total. The van der Waals surface area contributed by atoms with Gasteiger partial charge in [-0.1, -0.05) is 30.3 Å². The molecule has 0 N–H and O–H groups in total. The van der Waals surface area contributed by atoms with E-state index in [9.17, 15) is 0 Å². The van der Waals surface area contributed by atoms with Gasteiger partial charge in [0.1, 0.15) is 0 Å². The summed E-state index contributed by atoms with van der Waals surface area (Å²) < 4.78 is 0. The van der Waals surface area contributed by atoms with Crippen LogP contribution in [0.2, 0.25) is 0 Å². The van der Waals surface area contributed by atoms with Crippen LogP contribution in [0.1, 0.15) is 5.56 Å². The van der Waals surface area contributed by atoms with Crippen LogP contribution in [0, 0.1) is 22.7 Å². The molecule has 0 saturated heterocycles. The molecular weight excluding hydrogens is 174 g/mol. The molecule has 3 heteroatoms. The lowest BCUT2D eigenvalue weighted by molar-refractivity contribution is 0.321. The monoisotopic (exact) mass is 185 g/mol. The van der Waals surface area contributed by atoms with E-state index in [4.69, 9.17) is 10.5 Å². The number of hydrogen-bond acceptors (Lipinski definition) is 3. The highest BCUT2D eigenvalue weighted by Gasteiger charge is 2.11. The SMILES string of the molecule is CN(Cc1ccccc1)C(C#N)C#N. The van der Waals surface area contributed by atoms with E-state index in [1.807, 2.05) is 42.5 Å². The maximum absolute atomic E-state index is 8.66. The molecule has 0 radical (unpaired) electrons. The van der Waals surface area contributed by atoms with Gasteiger partial charge in [0.25, 0.3) is 0 Å². The van der Waals surface area contributed by atoms with Crippen molar-refractivity contribution >= 4 is 0 Å². The van der Waals surface area contributed by atoms with Gasteiger partial charge in [0.05, 0.1) is 12.1 Å². The van der Waals surface area contributed by atoms with Crippen LogP contribution in [0.4, 0.5) is 0 Å². The van der Waals surface area contributed by atoms with Gasteiger partial charge < -0.3 is 0 Å². The van der Waals surface area contributed by atoms with E-state index in [2.05, 4.69) is 0 Å². The third-order valence-corrected chi connectivity index (χ3v) is 1.96. The molecule has 0 aliphatic carbocycles. The lowest BCUT2D eigenvalue weighted by Crippen LogP contribution is -2.28. The molecule has 0 atom stereocenters. The van der Waals surface area contributed by atoms with Crippen LogP contribution in [0.15, 0.2) is 30.3 Å². The van der Waals surface area contributed by atoms with Crippen molar-refractivity contribution in [2.24, 2.45) is 0 Å². The van der Waals surface area contributed by atoms with E-state index in [1.165, 1.54) is 0 Å². The Morgan fingerprint density at radius 2 is 1.79 bits per heavy atom. The molecule has 14 heavy (non-hydrogen) atoms. The summed E-state index contributed by atoms with van der Waals surface area (Å²) in [4.78, 5) is 1.72. The van der Waals surface area contributed by atoms with Crippen molar-refractivity contribution in [3.63, 3.8) is 0 Å². The van der Waals surface area contributed by atoms with Crippen molar-refractivity contribution in [2.45, 2.75) is 12.6 Å². The molecular formula is C11H11N3. The topological polar surface area (TPSA) is 50.8 Å². The molecule has 0 bridgehead atoms. The highest BCUT2D eigenvalue weighted by atomic mass is 15.1. The van der Waals surface area contributed by atoms with Crippen LogP contribution in [0.5, 0.6) is 0 Å². The normalized spacial score (nSPS) is 9.79. The fraction of sp³-hybridized carbons (Fsp3) is 0.273. The fourth-order valence-electron chi connectivity index (χ4n) is 1.19. The van der Waals surface area contributed by atoms with Crippen LogP contribution in [0.3, 0.4) is 0 Å². The standard InChI is InChI=1S/C11H11N3/c1-14(11(7-12)8-13)9-10-5-3-2-4-6-10/h2-6,11H,9H2,1H3. The third-order valence-electron chi connectivity index (χ3n) is 1.96. The summed E-state index contributed by atoms with van der Waals surface area (Å²) in [6.45, 7) is 0.618. The average molecular weight is 185 g/mol. The predicted octanol–water partition coefficient (Wildman–Crippen LogP) is 1.53. The maximum Gasteiger partial charge on any atom is 0.186 e. The van der Waals surface area contributed by atoms with Gasteiger partial charge in [0.15, 0.2) is 6.04 Å². The number of rotatable bonds is 3. The van der Waals surface area contributed by atoms with Crippen molar-refractivity contribution in [1.29, 1.82) is 10.5 Å². The highest BCUT2D eigenvalue weighted by Crippen LogP contribution is 2.04. The molecule has 70 valence electrons. The summed E-state index contributed by atoms with van der Waals surface area (Å²) in [6.07, 6.45) is 0. The van der Waals surface area contributed by atoms with E-state index in [0.29, 0.717) is 6.54 Å². The molecule has 0 aliphatic rings. The second-order valence-electron chi connectivity index (χ2n) is 3.06. The first kappa shape index (κ1) is 10.2. The van der Waals surface area contributed by atoms with E-state index < -0.39 is 6.04 Å². The van der Waals surface area contributed by atoms with Crippen LogP contribution in [-0.2, 0) is 6.54 Å². The lowest BCUT2D eigenvalue weighted by Gasteiger charge is -2.16. The van der Waals surface area contributed by atoms with Crippen LogP contribution in [-0.4, -0.2) is 18.0 Å². The predicted molar refractivity (Wildman–Crippen MR) is 52.9 cm³/mol. The van der Waals surface area contributed by atoms with Crippen LogP contribution >= 0.6 is 0 Å². The minimum absolute atomic E-state index is 0.618. The Bertz CT molecular complexity index is 344. The smallest absolute Gasteiger partial charge is 0.186 e. The van der Waals surface area contributed by atoms with E-state index in [0.717, 1.165) is 5.56 Å². The minimum atomic E-state index is -0.671. The first-order valence-corrected chi connectivity index (χ1v) is 4.31. The second kappa shape index (κ2) is 5.01. The molecule has 1 rings (SSSR count). The van der Waals surface area contributed by atoms with E-state index >= 15 is 0 Å². The minimum Gasteiger partial charge on any atom is -0.275 e. The first-order chi connectivity index (χ1) is 6.77. The summed E-state index contributed by atoms with van der Waals surface area (Å²) in [5.74, 6) is 0. The summed E-state index contributed by atoms with van der Waals surface area (Å²) in [5.41, 5.74) is 1.10. The number of hydrogen-bond donors (Lipinski definition) is 0. The summed E-state index contributed by atoms with van der Waals surface area (Å²) in [7, 11) is 1.77. The molecule has 0 aromatic heterocycles. The first-order valence-electron chi connectivity index (χ1n) is 4.31. The van der Waals surface area contributed by atoms with Crippen molar-refractivity contribution < 1.29 is 0 Å². The Hall–Kier alpha value is -1.84. The molecule has 0 unspecified atom stereocenters. The molecule has 0 heterocycles. The highest BCUT2D eigenvalue weighted by molar-refractivity contribution is 5.16. The van der Waals surface area contributed by atoms with Gasteiger partial charge in [-0.05, 0) is 12.6 Å². The maximum atomic E-state index is 8.66. The fourth-order valence-corrected chi connectivity index (χ4v) is 1.19. The molecule has 1 aromatic rings. The Morgan fingerprint density at radius 1 is 1.21 bits per heavy atom. The van der Waals surface area contributed by atoms with Crippen molar-refractivity contribution in [2.75, 3.05) is 7.05 Å². The molecule has 0 spiro atoms. The second-order valence-corrected chi connectivity index (χ2v) is 3.06. The van der Waals surface area contributed by atoms with E-state index in [1.54, 1.807) is 11.9 Å². The molecule has 0 saturated carbocycles. The van der Waals surface area contributed by atoms with Crippen molar-refractivity contribution in [3.8, 4) is 12.1 Å². The third kappa shape index (κ3) is 2.58. The summed E-state index contributed by atoms with van der Waals surface area (Å²) in [5, 5.41) is 17.3. The quantitative estimate of drug-likeness (QED) is 0.717. The van der Waals surface area contributed by atoms with Crippen molar-refractivity contribution in [1.82, 2.24) is 4.90 Å². The summed E-state index contributed by atoms with van der Waals surface area (Å²) >= 11 is 0. The Kier molecular flexibility index (Phi) is 3.67. The van der Waals surface area contributed by atoms with Crippen LogP contribution < -0.4 is 0 Å². The van der Waals surface area contributed by atoms with Gasteiger partial charge in [-0.3, -0.25) is 4.90 Å². The zero-order valence-corrected chi connectivity index (χ0v) is 8.01.